The Kier molecular flexibility index (Phi) is 7.41. The van der Waals surface area contributed by atoms with E-state index in [2.05, 4.69) is 10.6 Å². The minimum Gasteiger partial charge on any atom is -0.462 e. The summed E-state index contributed by atoms with van der Waals surface area (Å²) in [6, 6.07) is 12.5. The highest BCUT2D eigenvalue weighted by Crippen LogP contribution is 2.35. The number of benzene rings is 2. The highest BCUT2D eigenvalue weighted by molar-refractivity contribution is 6.32. The third-order valence-electron chi connectivity index (χ3n) is 5.52. The van der Waals surface area contributed by atoms with Gasteiger partial charge in [0, 0.05) is 41.6 Å². The van der Waals surface area contributed by atoms with Gasteiger partial charge in [-0.25, -0.2) is 4.79 Å². The molecule has 2 aromatic rings. The number of esters is 1. The Bertz CT molecular complexity index is 1130. The fourth-order valence-electron chi connectivity index (χ4n) is 3.76. The van der Waals surface area contributed by atoms with Crippen LogP contribution >= 0.6 is 0 Å². The quantitative estimate of drug-likeness (QED) is 0.400. The maximum Gasteiger partial charge on any atom is 0.338 e. The zero-order valence-electron chi connectivity index (χ0n) is 20.3. The van der Waals surface area contributed by atoms with Crippen molar-refractivity contribution < 1.29 is 19.1 Å². The molecule has 2 aromatic carbocycles. The monoisotopic (exact) mass is 464 g/mol. The Morgan fingerprint density at radius 1 is 1.12 bits per heavy atom. The Balaban J connectivity index is 1.80. The summed E-state index contributed by atoms with van der Waals surface area (Å²) in [4.78, 5) is 38.5. The zero-order valence-corrected chi connectivity index (χ0v) is 20.3. The number of nitrogens with zero attached hydrogens (tertiary/aromatic N) is 1. The number of anilines is 3. The molecule has 3 rings (SSSR count). The topological polar surface area (TPSA) is 114 Å². The molecular weight excluding hydrogens is 432 g/mol. The Morgan fingerprint density at radius 2 is 1.79 bits per heavy atom. The zero-order chi connectivity index (χ0) is 25.0. The van der Waals surface area contributed by atoms with Gasteiger partial charge in [-0.2, -0.15) is 0 Å². The first kappa shape index (κ1) is 25.0. The molecule has 0 unspecified atom stereocenters. The molecule has 0 bridgehead atoms. The number of rotatable bonds is 8. The molecule has 0 aromatic heterocycles. The predicted octanol–water partition coefficient (Wildman–Crippen LogP) is 4.14. The van der Waals surface area contributed by atoms with E-state index in [0.717, 1.165) is 11.4 Å². The molecule has 4 N–H and O–H groups in total. The highest BCUT2D eigenvalue weighted by atomic mass is 16.5. The summed E-state index contributed by atoms with van der Waals surface area (Å²) in [6.45, 7) is 9.78. The molecule has 34 heavy (non-hydrogen) atoms. The van der Waals surface area contributed by atoms with Gasteiger partial charge in [0.05, 0.1) is 23.4 Å². The summed E-state index contributed by atoms with van der Waals surface area (Å²) in [5.41, 5.74) is 10.1. The molecule has 0 saturated heterocycles. The van der Waals surface area contributed by atoms with Crippen LogP contribution < -0.4 is 21.3 Å². The summed E-state index contributed by atoms with van der Waals surface area (Å²) in [6.07, 6.45) is 0.671. The number of hydrogen-bond donors (Lipinski definition) is 3. The Hall–Kier alpha value is -3.65. The molecule has 0 fully saturated rings. The smallest absolute Gasteiger partial charge is 0.338 e. The number of nitrogens with two attached hydrogens (primary N) is 1. The van der Waals surface area contributed by atoms with Crippen molar-refractivity contribution in [1.29, 1.82) is 0 Å². The van der Waals surface area contributed by atoms with E-state index in [1.54, 1.807) is 30.0 Å². The number of carbonyl (C=O) groups is 3. The Morgan fingerprint density at radius 3 is 2.38 bits per heavy atom. The van der Waals surface area contributed by atoms with Crippen molar-refractivity contribution in [3.63, 3.8) is 0 Å². The van der Waals surface area contributed by atoms with E-state index in [4.69, 9.17) is 10.5 Å². The van der Waals surface area contributed by atoms with Crippen molar-refractivity contribution in [3.8, 4) is 0 Å². The van der Waals surface area contributed by atoms with Crippen LogP contribution in [0.25, 0.3) is 5.57 Å². The van der Waals surface area contributed by atoms with Crippen LogP contribution in [0.15, 0.2) is 48.2 Å². The molecular formula is C26H32N4O4. The van der Waals surface area contributed by atoms with Crippen molar-refractivity contribution in [2.45, 2.75) is 46.6 Å². The van der Waals surface area contributed by atoms with E-state index in [-0.39, 0.29) is 24.0 Å². The SMILES string of the molecule is CCOC(=O)c1ccc2c(c1)NC(=O)C2=C(C)Nc1ccc(N(CCC(C)(C)N)C(C)=O)cc1. The van der Waals surface area contributed by atoms with Crippen molar-refractivity contribution in [2.75, 3.05) is 28.7 Å². The third-order valence-corrected chi connectivity index (χ3v) is 5.52. The molecule has 2 amide bonds. The van der Waals surface area contributed by atoms with Crippen LogP contribution in [0.2, 0.25) is 0 Å². The third kappa shape index (κ3) is 5.82. The Labute approximate surface area is 200 Å². The van der Waals surface area contributed by atoms with Gasteiger partial charge in [-0.1, -0.05) is 6.07 Å². The van der Waals surface area contributed by atoms with Crippen LogP contribution in [0, 0.1) is 0 Å². The number of allylic oxidation sites excluding steroid dienone is 1. The average molecular weight is 465 g/mol. The molecule has 0 radical (unpaired) electrons. The first-order valence-corrected chi connectivity index (χ1v) is 11.3. The number of amides is 2. The van der Waals surface area contributed by atoms with Crippen LogP contribution in [0.1, 0.15) is 57.0 Å². The molecule has 0 atom stereocenters. The predicted molar refractivity (Wildman–Crippen MR) is 135 cm³/mol. The van der Waals surface area contributed by atoms with Crippen molar-refractivity contribution in [1.82, 2.24) is 0 Å². The van der Waals surface area contributed by atoms with Crippen LogP contribution in [0.3, 0.4) is 0 Å². The average Bonchev–Trinajstić information content (AvgIpc) is 3.09. The lowest BCUT2D eigenvalue weighted by molar-refractivity contribution is -0.116. The fourth-order valence-corrected chi connectivity index (χ4v) is 3.76. The van der Waals surface area contributed by atoms with Gasteiger partial charge in [0.25, 0.3) is 5.91 Å². The van der Waals surface area contributed by atoms with Gasteiger partial charge < -0.3 is 26.0 Å². The van der Waals surface area contributed by atoms with Gasteiger partial charge in [0.2, 0.25) is 5.91 Å². The lowest BCUT2D eigenvalue weighted by Gasteiger charge is -2.26. The first-order chi connectivity index (χ1) is 16.0. The number of ether oxygens (including phenoxy) is 1. The van der Waals surface area contributed by atoms with E-state index in [0.29, 0.717) is 41.1 Å². The van der Waals surface area contributed by atoms with Gasteiger partial charge >= 0.3 is 5.97 Å². The standard InChI is InChI=1S/C26H32N4O4/c1-6-34-25(33)18-7-12-21-22(15-18)29-24(32)23(21)16(2)28-19-8-10-20(11-9-19)30(17(3)31)14-13-26(4,5)27/h7-12,15,28H,6,13-14,27H2,1-5H3,(H,29,32). The molecule has 0 saturated carbocycles. The van der Waals surface area contributed by atoms with Gasteiger partial charge in [-0.05, 0) is 70.5 Å². The second kappa shape index (κ2) is 10.1. The molecule has 1 aliphatic heterocycles. The van der Waals surface area contributed by atoms with E-state index < -0.39 is 5.97 Å². The summed E-state index contributed by atoms with van der Waals surface area (Å²) < 4.78 is 5.03. The maximum absolute atomic E-state index is 12.7. The van der Waals surface area contributed by atoms with Crippen LogP contribution in [-0.2, 0) is 14.3 Å². The van der Waals surface area contributed by atoms with Crippen molar-refractivity contribution in [3.05, 3.63) is 59.3 Å². The van der Waals surface area contributed by atoms with Gasteiger partial charge in [0.1, 0.15) is 0 Å². The number of fused-ring (bicyclic) bond motifs is 1. The van der Waals surface area contributed by atoms with Crippen molar-refractivity contribution in [2.24, 2.45) is 5.73 Å². The highest BCUT2D eigenvalue weighted by Gasteiger charge is 2.27. The van der Waals surface area contributed by atoms with E-state index in [1.807, 2.05) is 45.0 Å². The molecule has 180 valence electrons. The van der Waals surface area contributed by atoms with Gasteiger partial charge in [0.15, 0.2) is 0 Å². The molecule has 0 aliphatic carbocycles. The minimum absolute atomic E-state index is 0.0512. The summed E-state index contributed by atoms with van der Waals surface area (Å²) in [7, 11) is 0. The first-order valence-electron chi connectivity index (χ1n) is 11.3. The summed E-state index contributed by atoms with van der Waals surface area (Å²) in [5, 5.41) is 6.08. The molecule has 1 heterocycles. The molecule has 0 spiro atoms. The number of carbonyl (C=O) groups excluding carboxylic acids is 3. The lowest BCUT2D eigenvalue weighted by atomic mass is 10.0. The van der Waals surface area contributed by atoms with Crippen LogP contribution in [0.4, 0.5) is 17.1 Å². The summed E-state index contributed by atoms with van der Waals surface area (Å²) >= 11 is 0. The lowest BCUT2D eigenvalue weighted by Crippen LogP contribution is -2.39. The van der Waals surface area contributed by atoms with Gasteiger partial charge in [-0.3, -0.25) is 9.59 Å². The minimum atomic E-state index is -0.429. The van der Waals surface area contributed by atoms with Crippen LogP contribution in [-0.4, -0.2) is 36.5 Å². The number of nitrogens with one attached hydrogen (secondary N) is 2. The van der Waals surface area contributed by atoms with E-state index in [9.17, 15) is 14.4 Å². The van der Waals surface area contributed by atoms with Crippen molar-refractivity contribution >= 4 is 40.4 Å². The van der Waals surface area contributed by atoms with E-state index in [1.165, 1.54) is 6.92 Å². The second-order valence-electron chi connectivity index (χ2n) is 9.02. The largest absolute Gasteiger partial charge is 0.462 e. The van der Waals surface area contributed by atoms with Gasteiger partial charge in [-0.15, -0.1) is 0 Å². The maximum atomic E-state index is 12.7. The second-order valence-corrected chi connectivity index (χ2v) is 9.02. The molecule has 8 nitrogen and oxygen atoms in total. The van der Waals surface area contributed by atoms with Crippen LogP contribution in [0.5, 0.6) is 0 Å². The molecule has 1 aliphatic rings. The fraction of sp³-hybridized carbons (Fsp3) is 0.346. The summed E-state index contributed by atoms with van der Waals surface area (Å²) in [5.74, 6) is -0.726. The normalized spacial score (nSPS) is 14.2. The molecule has 8 heteroatoms. The number of hydrogen-bond acceptors (Lipinski definition) is 6. The van der Waals surface area contributed by atoms with E-state index >= 15 is 0 Å².